The molecular formula is C23H33ClN4O2. The molecule has 0 aliphatic carbocycles. The van der Waals surface area contributed by atoms with E-state index < -0.39 is 0 Å². The molecule has 1 aromatic heterocycles. The van der Waals surface area contributed by atoms with Crippen LogP contribution in [-0.2, 0) is 18.4 Å². The molecule has 1 N–H and O–H groups in total. The van der Waals surface area contributed by atoms with E-state index in [-0.39, 0.29) is 24.5 Å². The van der Waals surface area contributed by atoms with Crippen molar-refractivity contribution in [2.45, 2.75) is 46.7 Å². The lowest BCUT2D eigenvalue weighted by atomic mass is 10.2. The van der Waals surface area contributed by atoms with Crippen molar-refractivity contribution in [1.29, 1.82) is 0 Å². The predicted molar refractivity (Wildman–Crippen MR) is 123 cm³/mol. The molecule has 2 aromatic rings. The second kappa shape index (κ2) is 11.1. The Balaban J connectivity index is 2.16. The van der Waals surface area contributed by atoms with Gasteiger partial charge in [-0.25, -0.2) is 4.79 Å². The van der Waals surface area contributed by atoms with E-state index in [1.165, 1.54) is 0 Å². The van der Waals surface area contributed by atoms with Crippen LogP contribution in [0.15, 0.2) is 42.6 Å². The Labute approximate surface area is 184 Å². The van der Waals surface area contributed by atoms with Crippen LogP contribution in [0, 0.1) is 5.92 Å². The number of halogens is 1. The summed E-state index contributed by atoms with van der Waals surface area (Å²) in [5.41, 5.74) is 1.67. The Hall–Kier alpha value is -2.47. The topological polar surface area (TPSA) is 57.6 Å². The highest BCUT2D eigenvalue weighted by Crippen LogP contribution is 2.17. The largest absolute Gasteiger partial charge is 0.353 e. The standard InChI is InChI=1S/C23H33ClN4O2/c1-6-18(4)28(23(30)25-20-10-7-9-19(24)13-20)16-22(29)27(14-17(2)3)15-21-11-8-12-26(21)5/h7-13,17-18H,6,14-16H2,1-5H3,(H,25,30). The fourth-order valence-corrected chi connectivity index (χ4v) is 3.40. The number of nitrogens with zero attached hydrogens (tertiary/aromatic N) is 3. The summed E-state index contributed by atoms with van der Waals surface area (Å²) in [7, 11) is 1.97. The van der Waals surface area contributed by atoms with Crippen LogP contribution < -0.4 is 5.32 Å². The van der Waals surface area contributed by atoms with Gasteiger partial charge in [-0.05, 0) is 49.6 Å². The van der Waals surface area contributed by atoms with Crippen molar-refractivity contribution in [3.05, 3.63) is 53.3 Å². The molecule has 1 unspecified atom stereocenters. The number of anilines is 1. The number of urea groups is 1. The summed E-state index contributed by atoms with van der Waals surface area (Å²) in [6.45, 7) is 9.31. The van der Waals surface area contributed by atoms with Crippen LogP contribution in [0.4, 0.5) is 10.5 Å². The van der Waals surface area contributed by atoms with E-state index in [9.17, 15) is 9.59 Å². The molecule has 1 aromatic carbocycles. The van der Waals surface area contributed by atoms with E-state index in [0.29, 0.717) is 29.7 Å². The number of nitrogens with one attached hydrogen (secondary N) is 1. The molecular weight excluding hydrogens is 400 g/mol. The van der Waals surface area contributed by atoms with Gasteiger partial charge in [0.2, 0.25) is 5.91 Å². The van der Waals surface area contributed by atoms with Crippen molar-refractivity contribution in [1.82, 2.24) is 14.4 Å². The molecule has 1 heterocycles. The zero-order chi connectivity index (χ0) is 22.3. The summed E-state index contributed by atoms with van der Waals surface area (Å²) in [5, 5.41) is 3.41. The molecule has 0 bridgehead atoms. The molecule has 7 heteroatoms. The Kier molecular flexibility index (Phi) is 8.78. The van der Waals surface area contributed by atoms with Crippen LogP contribution in [0.3, 0.4) is 0 Å². The summed E-state index contributed by atoms with van der Waals surface area (Å²) >= 11 is 6.02. The number of aryl methyl sites for hydroxylation is 1. The number of rotatable bonds is 9. The van der Waals surface area contributed by atoms with Crippen molar-refractivity contribution in [2.24, 2.45) is 13.0 Å². The lowest BCUT2D eigenvalue weighted by molar-refractivity contribution is -0.133. The predicted octanol–water partition coefficient (Wildman–Crippen LogP) is 5.00. The minimum atomic E-state index is -0.302. The Morgan fingerprint density at radius 2 is 1.90 bits per heavy atom. The van der Waals surface area contributed by atoms with Crippen LogP contribution in [0.2, 0.25) is 5.02 Å². The number of carbonyl (C=O) groups excluding carboxylic acids is 2. The minimum absolute atomic E-state index is 0.0263. The molecule has 6 nitrogen and oxygen atoms in total. The van der Waals surface area contributed by atoms with Crippen LogP contribution in [0.5, 0.6) is 0 Å². The van der Waals surface area contributed by atoms with E-state index >= 15 is 0 Å². The number of aromatic nitrogens is 1. The Morgan fingerprint density at radius 3 is 2.47 bits per heavy atom. The van der Waals surface area contributed by atoms with Crippen LogP contribution in [-0.4, -0.2) is 45.4 Å². The molecule has 0 saturated heterocycles. The maximum Gasteiger partial charge on any atom is 0.322 e. The molecule has 0 radical (unpaired) electrons. The molecule has 30 heavy (non-hydrogen) atoms. The third-order valence-corrected chi connectivity index (χ3v) is 5.34. The molecule has 3 amide bonds. The lowest BCUT2D eigenvalue weighted by Gasteiger charge is -2.32. The molecule has 2 rings (SSSR count). The highest BCUT2D eigenvalue weighted by Gasteiger charge is 2.25. The first-order chi connectivity index (χ1) is 14.2. The molecule has 0 fully saturated rings. The first-order valence-electron chi connectivity index (χ1n) is 10.4. The normalized spacial score (nSPS) is 12.0. The number of hydrogen-bond donors (Lipinski definition) is 1. The highest BCUT2D eigenvalue weighted by molar-refractivity contribution is 6.30. The van der Waals surface area contributed by atoms with Gasteiger partial charge in [-0.1, -0.05) is 38.4 Å². The summed E-state index contributed by atoms with van der Waals surface area (Å²) in [6, 6.07) is 10.6. The van der Waals surface area contributed by atoms with E-state index in [4.69, 9.17) is 11.6 Å². The number of amides is 3. The van der Waals surface area contributed by atoms with Crippen LogP contribution in [0.25, 0.3) is 0 Å². The Bertz CT molecular complexity index is 849. The zero-order valence-corrected chi connectivity index (χ0v) is 19.3. The van der Waals surface area contributed by atoms with Gasteiger partial charge in [-0.3, -0.25) is 4.79 Å². The van der Waals surface area contributed by atoms with E-state index in [0.717, 1.165) is 12.1 Å². The molecule has 0 aliphatic heterocycles. The third-order valence-electron chi connectivity index (χ3n) is 5.11. The van der Waals surface area contributed by atoms with Gasteiger partial charge in [0.1, 0.15) is 6.54 Å². The van der Waals surface area contributed by atoms with Gasteiger partial charge in [0.05, 0.1) is 6.54 Å². The van der Waals surface area contributed by atoms with E-state index in [1.54, 1.807) is 29.2 Å². The minimum Gasteiger partial charge on any atom is -0.353 e. The van der Waals surface area contributed by atoms with Gasteiger partial charge in [-0.15, -0.1) is 0 Å². The number of carbonyl (C=O) groups is 2. The number of hydrogen-bond acceptors (Lipinski definition) is 2. The van der Waals surface area contributed by atoms with Crippen molar-refractivity contribution in [3.63, 3.8) is 0 Å². The molecule has 164 valence electrons. The van der Waals surface area contributed by atoms with Crippen molar-refractivity contribution in [2.75, 3.05) is 18.4 Å². The third kappa shape index (κ3) is 6.80. The first-order valence-corrected chi connectivity index (χ1v) is 10.8. The molecule has 1 atom stereocenters. The van der Waals surface area contributed by atoms with Gasteiger partial charge in [0.15, 0.2) is 0 Å². The molecule has 0 spiro atoms. The zero-order valence-electron chi connectivity index (χ0n) is 18.6. The first kappa shape index (κ1) is 23.8. The van der Waals surface area contributed by atoms with Crippen molar-refractivity contribution in [3.8, 4) is 0 Å². The summed E-state index contributed by atoms with van der Waals surface area (Å²) in [5.74, 6) is 0.262. The second-order valence-electron chi connectivity index (χ2n) is 8.10. The number of benzene rings is 1. The monoisotopic (exact) mass is 432 g/mol. The smallest absolute Gasteiger partial charge is 0.322 e. The summed E-state index contributed by atoms with van der Waals surface area (Å²) in [6.07, 6.45) is 2.72. The quantitative estimate of drug-likeness (QED) is 0.606. The van der Waals surface area contributed by atoms with Gasteiger partial charge in [0, 0.05) is 42.2 Å². The molecule has 0 saturated carbocycles. The maximum absolute atomic E-state index is 13.2. The fourth-order valence-electron chi connectivity index (χ4n) is 3.21. The Morgan fingerprint density at radius 1 is 1.17 bits per heavy atom. The fraction of sp³-hybridized carbons (Fsp3) is 0.478. The SMILES string of the molecule is CCC(C)N(CC(=O)N(Cc1cccn1C)CC(C)C)C(=O)Nc1cccc(Cl)c1. The maximum atomic E-state index is 13.2. The van der Waals surface area contributed by atoms with E-state index in [2.05, 4.69) is 19.2 Å². The van der Waals surface area contributed by atoms with Gasteiger partial charge in [-0.2, -0.15) is 0 Å². The van der Waals surface area contributed by atoms with Crippen molar-refractivity contribution >= 4 is 29.2 Å². The average molecular weight is 433 g/mol. The summed E-state index contributed by atoms with van der Waals surface area (Å²) in [4.78, 5) is 29.6. The van der Waals surface area contributed by atoms with Crippen molar-refractivity contribution < 1.29 is 9.59 Å². The van der Waals surface area contributed by atoms with Gasteiger partial charge >= 0.3 is 6.03 Å². The van der Waals surface area contributed by atoms with Crippen LogP contribution >= 0.6 is 11.6 Å². The average Bonchev–Trinajstić information content (AvgIpc) is 3.09. The van der Waals surface area contributed by atoms with Gasteiger partial charge < -0.3 is 19.7 Å². The van der Waals surface area contributed by atoms with Gasteiger partial charge in [0.25, 0.3) is 0 Å². The molecule has 0 aliphatic rings. The summed E-state index contributed by atoms with van der Waals surface area (Å²) < 4.78 is 2.01. The highest BCUT2D eigenvalue weighted by atomic mass is 35.5. The van der Waals surface area contributed by atoms with Crippen LogP contribution in [0.1, 0.15) is 39.8 Å². The second-order valence-corrected chi connectivity index (χ2v) is 8.54. The van der Waals surface area contributed by atoms with E-state index in [1.807, 2.05) is 48.7 Å². The lowest BCUT2D eigenvalue weighted by Crippen LogP contribution is -2.48.